The van der Waals surface area contributed by atoms with Crippen LogP contribution in [0.1, 0.15) is 39.2 Å². The van der Waals surface area contributed by atoms with E-state index in [1.165, 1.54) is 4.90 Å². The number of nitrogens with zero attached hydrogens (tertiary/aromatic N) is 1. The number of furan rings is 1. The van der Waals surface area contributed by atoms with E-state index in [0.29, 0.717) is 18.3 Å². The number of imide groups is 1. The maximum absolute atomic E-state index is 12.0. The molecule has 2 atom stereocenters. The molecule has 0 aliphatic carbocycles. The van der Waals surface area contributed by atoms with Crippen LogP contribution in [0.2, 0.25) is 0 Å². The van der Waals surface area contributed by atoms with Gasteiger partial charge in [-0.05, 0) is 12.1 Å². The zero-order chi connectivity index (χ0) is 14.9. The molecule has 0 radical (unpaired) electrons. The number of carbonyl (C=O) groups excluding carboxylic acids is 2. The van der Waals surface area contributed by atoms with E-state index in [1.54, 1.807) is 13.8 Å². The van der Waals surface area contributed by atoms with Crippen molar-refractivity contribution >= 4 is 11.8 Å². The Hall–Kier alpha value is -1.62. The van der Waals surface area contributed by atoms with E-state index in [1.807, 2.05) is 12.1 Å². The van der Waals surface area contributed by atoms with E-state index in [-0.39, 0.29) is 30.2 Å². The van der Waals surface area contributed by atoms with Gasteiger partial charge in [-0.2, -0.15) is 0 Å². The summed E-state index contributed by atoms with van der Waals surface area (Å²) in [4.78, 5) is 25.3. The van der Waals surface area contributed by atoms with Crippen LogP contribution in [0.15, 0.2) is 16.5 Å². The third-order valence-corrected chi connectivity index (χ3v) is 3.78. The van der Waals surface area contributed by atoms with Gasteiger partial charge in [-0.1, -0.05) is 27.7 Å². The number of hydrogen-bond donors (Lipinski definition) is 1. The molecular formula is C15H22N2O3. The van der Waals surface area contributed by atoms with E-state index in [0.717, 1.165) is 5.76 Å². The predicted octanol–water partition coefficient (Wildman–Crippen LogP) is 1.92. The Kier molecular flexibility index (Phi) is 4.28. The zero-order valence-electron chi connectivity index (χ0n) is 12.5. The highest BCUT2D eigenvalue weighted by molar-refractivity contribution is 6.04. The molecule has 2 unspecified atom stereocenters. The lowest BCUT2D eigenvalue weighted by molar-refractivity contribution is -0.140. The Morgan fingerprint density at radius 1 is 1.15 bits per heavy atom. The first kappa shape index (κ1) is 14.8. The molecule has 1 saturated heterocycles. The zero-order valence-corrected chi connectivity index (χ0v) is 12.5. The van der Waals surface area contributed by atoms with Gasteiger partial charge >= 0.3 is 0 Å². The molecule has 1 aromatic rings. The van der Waals surface area contributed by atoms with Crippen molar-refractivity contribution in [2.75, 3.05) is 0 Å². The molecule has 1 fully saturated rings. The SMILES string of the molecule is CC(C)NCc1ccc(CN2C(=O)C(C)C(C)C2=O)o1. The summed E-state index contributed by atoms with van der Waals surface area (Å²) >= 11 is 0. The van der Waals surface area contributed by atoms with Gasteiger partial charge in [-0.25, -0.2) is 0 Å². The molecule has 1 aromatic heterocycles. The molecule has 0 saturated carbocycles. The summed E-state index contributed by atoms with van der Waals surface area (Å²) < 4.78 is 5.65. The fraction of sp³-hybridized carbons (Fsp3) is 0.600. The maximum Gasteiger partial charge on any atom is 0.233 e. The van der Waals surface area contributed by atoms with Gasteiger partial charge in [0.05, 0.1) is 13.1 Å². The van der Waals surface area contributed by atoms with Crippen LogP contribution in [0.4, 0.5) is 0 Å². The summed E-state index contributed by atoms with van der Waals surface area (Å²) in [5.41, 5.74) is 0. The number of likely N-dealkylation sites (tertiary alicyclic amines) is 1. The smallest absolute Gasteiger partial charge is 0.233 e. The van der Waals surface area contributed by atoms with Gasteiger partial charge in [0.2, 0.25) is 11.8 Å². The van der Waals surface area contributed by atoms with Gasteiger partial charge in [-0.15, -0.1) is 0 Å². The summed E-state index contributed by atoms with van der Waals surface area (Å²) in [5.74, 6) is 0.767. The van der Waals surface area contributed by atoms with Crippen molar-refractivity contribution in [3.8, 4) is 0 Å². The third-order valence-electron chi connectivity index (χ3n) is 3.78. The Bertz CT molecular complexity index is 487. The minimum absolute atomic E-state index is 0.110. The molecule has 2 rings (SSSR count). The van der Waals surface area contributed by atoms with Gasteiger partial charge in [-0.3, -0.25) is 14.5 Å². The van der Waals surface area contributed by atoms with Crippen LogP contribution in [0.3, 0.4) is 0 Å². The molecule has 0 bridgehead atoms. The van der Waals surface area contributed by atoms with Crippen LogP contribution in [0.5, 0.6) is 0 Å². The van der Waals surface area contributed by atoms with E-state index in [4.69, 9.17) is 4.42 Å². The quantitative estimate of drug-likeness (QED) is 0.836. The number of carbonyl (C=O) groups is 2. The molecule has 1 aliphatic heterocycles. The maximum atomic E-state index is 12.0. The highest BCUT2D eigenvalue weighted by Crippen LogP contribution is 2.27. The molecule has 5 heteroatoms. The van der Waals surface area contributed by atoms with Crippen LogP contribution < -0.4 is 5.32 Å². The lowest BCUT2D eigenvalue weighted by Gasteiger charge is -2.12. The summed E-state index contributed by atoms with van der Waals surface area (Å²) in [6, 6.07) is 4.08. The van der Waals surface area contributed by atoms with Crippen molar-refractivity contribution in [3.63, 3.8) is 0 Å². The molecule has 0 aromatic carbocycles. The van der Waals surface area contributed by atoms with Gasteiger partial charge in [0.1, 0.15) is 11.5 Å². The van der Waals surface area contributed by atoms with Crippen molar-refractivity contribution in [2.45, 2.75) is 46.8 Å². The van der Waals surface area contributed by atoms with Crippen molar-refractivity contribution in [1.82, 2.24) is 10.2 Å². The molecule has 20 heavy (non-hydrogen) atoms. The van der Waals surface area contributed by atoms with Crippen LogP contribution in [0, 0.1) is 11.8 Å². The van der Waals surface area contributed by atoms with Crippen molar-refractivity contribution < 1.29 is 14.0 Å². The van der Waals surface area contributed by atoms with Crippen molar-refractivity contribution in [1.29, 1.82) is 0 Å². The minimum Gasteiger partial charge on any atom is -0.463 e. The summed E-state index contributed by atoms with van der Waals surface area (Å²) in [7, 11) is 0. The Labute approximate surface area is 119 Å². The van der Waals surface area contributed by atoms with E-state index in [9.17, 15) is 9.59 Å². The normalized spacial score (nSPS) is 23.1. The topological polar surface area (TPSA) is 62.6 Å². The van der Waals surface area contributed by atoms with Crippen LogP contribution in [-0.2, 0) is 22.7 Å². The largest absolute Gasteiger partial charge is 0.463 e. The summed E-state index contributed by atoms with van der Waals surface area (Å²) in [6.45, 7) is 8.60. The fourth-order valence-electron chi connectivity index (χ4n) is 2.25. The molecular weight excluding hydrogens is 256 g/mol. The molecule has 110 valence electrons. The Morgan fingerprint density at radius 3 is 2.25 bits per heavy atom. The standard InChI is InChI=1S/C15H22N2O3/c1-9(2)16-7-12-5-6-13(20-12)8-17-14(18)10(3)11(4)15(17)19/h5-6,9-11,16H,7-8H2,1-4H3. The fourth-order valence-corrected chi connectivity index (χ4v) is 2.25. The Balaban J connectivity index is 2.00. The van der Waals surface area contributed by atoms with Gasteiger partial charge in [0.25, 0.3) is 0 Å². The first-order valence-corrected chi connectivity index (χ1v) is 7.06. The van der Waals surface area contributed by atoms with E-state index >= 15 is 0 Å². The molecule has 1 N–H and O–H groups in total. The van der Waals surface area contributed by atoms with E-state index < -0.39 is 0 Å². The second-order valence-electron chi connectivity index (χ2n) is 5.74. The van der Waals surface area contributed by atoms with Gasteiger partial charge < -0.3 is 9.73 Å². The lowest BCUT2D eigenvalue weighted by atomic mass is 10.00. The van der Waals surface area contributed by atoms with Crippen molar-refractivity contribution in [3.05, 3.63) is 23.7 Å². The third kappa shape index (κ3) is 2.93. The first-order chi connectivity index (χ1) is 9.40. The average Bonchev–Trinajstić information content (AvgIpc) is 2.92. The average molecular weight is 278 g/mol. The lowest BCUT2D eigenvalue weighted by Crippen LogP contribution is -2.30. The summed E-state index contributed by atoms with van der Waals surface area (Å²) in [5, 5.41) is 3.26. The van der Waals surface area contributed by atoms with Crippen LogP contribution >= 0.6 is 0 Å². The minimum atomic E-state index is -0.237. The second kappa shape index (κ2) is 5.79. The molecule has 2 amide bonds. The number of rotatable bonds is 5. The Morgan fingerprint density at radius 2 is 1.70 bits per heavy atom. The highest BCUT2D eigenvalue weighted by atomic mass is 16.3. The molecule has 0 spiro atoms. The van der Waals surface area contributed by atoms with Crippen LogP contribution in [-0.4, -0.2) is 22.8 Å². The van der Waals surface area contributed by atoms with E-state index in [2.05, 4.69) is 19.2 Å². The number of hydrogen-bond acceptors (Lipinski definition) is 4. The predicted molar refractivity (Wildman–Crippen MR) is 74.6 cm³/mol. The highest BCUT2D eigenvalue weighted by Gasteiger charge is 2.42. The van der Waals surface area contributed by atoms with Gasteiger partial charge in [0, 0.05) is 17.9 Å². The molecule has 1 aliphatic rings. The van der Waals surface area contributed by atoms with Gasteiger partial charge in [0.15, 0.2) is 0 Å². The second-order valence-corrected chi connectivity index (χ2v) is 5.74. The molecule has 2 heterocycles. The number of nitrogens with one attached hydrogen (secondary N) is 1. The monoisotopic (exact) mass is 278 g/mol. The molecule has 5 nitrogen and oxygen atoms in total. The first-order valence-electron chi connectivity index (χ1n) is 7.06. The number of amides is 2. The van der Waals surface area contributed by atoms with Crippen LogP contribution in [0.25, 0.3) is 0 Å². The summed E-state index contributed by atoms with van der Waals surface area (Å²) in [6.07, 6.45) is 0. The van der Waals surface area contributed by atoms with Crippen molar-refractivity contribution in [2.24, 2.45) is 11.8 Å².